The van der Waals surface area contributed by atoms with E-state index in [1.807, 2.05) is 42.5 Å². The topological polar surface area (TPSA) is 143 Å². The van der Waals surface area contributed by atoms with Crippen LogP contribution >= 0.6 is 0 Å². The van der Waals surface area contributed by atoms with Gasteiger partial charge in [-0.05, 0) is 43.1 Å². The molecule has 0 radical (unpaired) electrons. The Hall–Kier alpha value is -5.22. The Bertz CT molecular complexity index is 1670. The summed E-state index contributed by atoms with van der Waals surface area (Å²) in [6.45, 7) is 2.15. The number of hydrogen-bond acceptors (Lipinski definition) is 8. The van der Waals surface area contributed by atoms with E-state index >= 15 is 0 Å². The highest BCUT2D eigenvalue weighted by Crippen LogP contribution is 2.27. The number of hydrogen-bond donors (Lipinski definition) is 3. The summed E-state index contributed by atoms with van der Waals surface area (Å²) in [5, 5.41) is 18.5. The fraction of sp³-hybridized carbons (Fsp3) is 0.188. The Morgan fingerprint density at radius 2 is 1.55 bits per heavy atom. The van der Waals surface area contributed by atoms with Gasteiger partial charge in [0.15, 0.2) is 5.82 Å². The van der Waals surface area contributed by atoms with Crippen LogP contribution in [0.1, 0.15) is 17.5 Å². The highest BCUT2D eigenvalue weighted by Gasteiger charge is 2.17. The van der Waals surface area contributed by atoms with Crippen molar-refractivity contribution in [1.29, 1.82) is 0 Å². The Labute approximate surface area is 242 Å². The summed E-state index contributed by atoms with van der Waals surface area (Å²) in [4.78, 5) is 36.6. The second-order valence-corrected chi connectivity index (χ2v) is 9.84. The van der Waals surface area contributed by atoms with E-state index in [-0.39, 0.29) is 18.9 Å². The van der Waals surface area contributed by atoms with Gasteiger partial charge in [-0.2, -0.15) is 4.98 Å². The number of aromatic nitrogens is 4. The van der Waals surface area contributed by atoms with Crippen LogP contribution in [0.2, 0.25) is 0 Å². The lowest BCUT2D eigenvalue weighted by atomic mass is 10.0. The average Bonchev–Trinajstić information content (AvgIpc) is 3.51. The van der Waals surface area contributed by atoms with Crippen LogP contribution in [0.3, 0.4) is 0 Å². The number of carbonyl (C=O) groups is 2. The summed E-state index contributed by atoms with van der Waals surface area (Å²) in [6.07, 6.45) is 3.62. The molecule has 5 aromatic rings. The summed E-state index contributed by atoms with van der Waals surface area (Å²) in [6, 6.07) is 23.5. The van der Waals surface area contributed by atoms with Crippen LogP contribution in [0, 0.1) is 6.92 Å². The molecular weight excluding hydrogens is 532 g/mol. The molecule has 0 spiro atoms. The van der Waals surface area contributed by atoms with Crippen molar-refractivity contribution < 1.29 is 19.2 Å². The van der Waals surface area contributed by atoms with Gasteiger partial charge in [-0.25, -0.2) is 9.97 Å². The van der Waals surface area contributed by atoms with Crippen molar-refractivity contribution in [1.82, 2.24) is 30.7 Å². The molecule has 3 aromatic carbocycles. The van der Waals surface area contributed by atoms with E-state index in [2.05, 4.69) is 68.0 Å². The molecule has 5 rings (SSSR count). The number of benzene rings is 3. The molecule has 1 amide bonds. The number of nitrogens with one attached hydrogen (secondary N) is 2. The Kier molecular flexibility index (Phi) is 8.74. The lowest BCUT2D eigenvalue weighted by Gasteiger charge is -2.16. The van der Waals surface area contributed by atoms with Gasteiger partial charge < -0.3 is 20.3 Å². The van der Waals surface area contributed by atoms with Crippen LogP contribution in [-0.4, -0.2) is 56.7 Å². The highest BCUT2D eigenvalue weighted by molar-refractivity contribution is 5.82. The molecule has 10 nitrogen and oxygen atoms in total. The molecule has 0 saturated heterocycles. The maximum atomic E-state index is 12.4. The second kappa shape index (κ2) is 13.0. The molecule has 42 heavy (non-hydrogen) atoms. The van der Waals surface area contributed by atoms with Gasteiger partial charge in [-0.3, -0.25) is 9.59 Å². The fourth-order valence-corrected chi connectivity index (χ4v) is 4.40. The highest BCUT2D eigenvalue weighted by atomic mass is 16.5. The van der Waals surface area contributed by atoms with E-state index in [1.54, 1.807) is 19.4 Å². The standard InChI is InChI=1S/C32H30N6O4/c1-20-6-10-22(11-7-20)24-4-3-5-25(17-24)30-37-32(42-38-30)26-18-35-29(36-19-26)23-12-8-21(9-13-23)16-27(33-2)31(41)34-15-14-28(39)40/h3-13,17-19,27,33H,14-16H2,1-2H3,(H,34,41)(H,39,40). The zero-order valence-corrected chi connectivity index (χ0v) is 23.2. The van der Waals surface area contributed by atoms with Crippen LogP contribution in [0.25, 0.3) is 45.4 Å². The molecule has 2 aromatic heterocycles. The molecule has 3 N–H and O–H groups in total. The number of carbonyl (C=O) groups excluding carboxylic acids is 1. The molecular formula is C32H30N6O4. The Balaban J connectivity index is 1.24. The van der Waals surface area contributed by atoms with Gasteiger partial charge in [-0.15, -0.1) is 0 Å². The van der Waals surface area contributed by atoms with Crippen molar-refractivity contribution >= 4 is 11.9 Å². The molecule has 0 fully saturated rings. The van der Waals surface area contributed by atoms with E-state index in [0.717, 1.165) is 27.8 Å². The molecule has 1 unspecified atom stereocenters. The molecule has 10 heteroatoms. The average molecular weight is 563 g/mol. The monoisotopic (exact) mass is 562 g/mol. The normalized spacial score (nSPS) is 11.7. The SMILES string of the molecule is CNC(Cc1ccc(-c2ncc(-c3nc(-c4cccc(-c5ccc(C)cc5)c4)no3)cn2)cc1)C(=O)NCCC(=O)O. The smallest absolute Gasteiger partial charge is 0.305 e. The van der Waals surface area contributed by atoms with Gasteiger partial charge in [0, 0.05) is 30.1 Å². The van der Waals surface area contributed by atoms with E-state index in [1.165, 1.54) is 5.56 Å². The molecule has 212 valence electrons. The minimum atomic E-state index is -0.955. The molecule has 0 aliphatic rings. The third-order valence-electron chi connectivity index (χ3n) is 6.79. The van der Waals surface area contributed by atoms with Crippen molar-refractivity contribution in [3.8, 4) is 45.4 Å². The van der Waals surface area contributed by atoms with Crippen LogP contribution in [0.5, 0.6) is 0 Å². The number of amides is 1. The lowest BCUT2D eigenvalue weighted by molar-refractivity contribution is -0.137. The summed E-state index contributed by atoms with van der Waals surface area (Å²) >= 11 is 0. The molecule has 0 aliphatic carbocycles. The first-order chi connectivity index (χ1) is 20.4. The van der Waals surface area contributed by atoms with Crippen molar-refractivity contribution in [3.05, 3.63) is 96.3 Å². The second-order valence-electron chi connectivity index (χ2n) is 9.84. The quantitative estimate of drug-likeness (QED) is 0.211. The van der Waals surface area contributed by atoms with Crippen molar-refractivity contribution in [3.63, 3.8) is 0 Å². The van der Waals surface area contributed by atoms with Crippen molar-refractivity contribution in [2.45, 2.75) is 25.8 Å². The number of likely N-dealkylation sites (N-methyl/N-ethyl adjacent to an activating group) is 1. The maximum Gasteiger partial charge on any atom is 0.305 e. The molecule has 0 aliphatic heterocycles. The first-order valence-electron chi connectivity index (χ1n) is 13.5. The van der Waals surface area contributed by atoms with Crippen LogP contribution in [0.4, 0.5) is 0 Å². The molecule has 0 bridgehead atoms. The summed E-state index contributed by atoms with van der Waals surface area (Å²) < 4.78 is 5.52. The molecule has 0 saturated carbocycles. The summed E-state index contributed by atoms with van der Waals surface area (Å²) in [5.74, 6) is 0.141. The number of carboxylic acid groups (broad SMARTS) is 1. The molecule has 1 atom stereocenters. The maximum absolute atomic E-state index is 12.4. The number of aryl methyl sites for hydroxylation is 1. The third-order valence-corrected chi connectivity index (χ3v) is 6.79. The third kappa shape index (κ3) is 6.91. The number of rotatable bonds is 11. The zero-order chi connectivity index (χ0) is 29.5. The number of aliphatic carboxylic acids is 1. The van der Waals surface area contributed by atoms with Gasteiger partial charge in [0.25, 0.3) is 5.89 Å². The van der Waals surface area contributed by atoms with E-state index in [0.29, 0.717) is 29.5 Å². The number of nitrogens with zero attached hydrogens (tertiary/aromatic N) is 4. The summed E-state index contributed by atoms with van der Waals surface area (Å²) in [7, 11) is 1.69. The van der Waals surface area contributed by atoms with Crippen LogP contribution in [0.15, 0.2) is 89.7 Å². The van der Waals surface area contributed by atoms with Crippen molar-refractivity contribution in [2.24, 2.45) is 0 Å². The van der Waals surface area contributed by atoms with Crippen LogP contribution in [-0.2, 0) is 16.0 Å². The number of carboxylic acids is 1. The van der Waals surface area contributed by atoms with E-state index in [9.17, 15) is 9.59 Å². The minimum Gasteiger partial charge on any atom is -0.481 e. The van der Waals surface area contributed by atoms with Gasteiger partial charge in [0.2, 0.25) is 11.7 Å². The first kappa shape index (κ1) is 28.3. The largest absolute Gasteiger partial charge is 0.481 e. The van der Waals surface area contributed by atoms with Crippen LogP contribution < -0.4 is 10.6 Å². The van der Waals surface area contributed by atoms with Gasteiger partial charge in [0.1, 0.15) is 0 Å². The van der Waals surface area contributed by atoms with Crippen molar-refractivity contribution in [2.75, 3.05) is 13.6 Å². The molecule has 2 heterocycles. The predicted octanol–water partition coefficient (Wildman–Crippen LogP) is 4.56. The zero-order valence-electron chi connectivity index (χ0n) is 23.2. The van der Waals surface area contributed by atoms with E-state index in [4.69, 9.17) is 9.63 Å². The van der Waals surface area contributed by atoms with Gasteiger partial charge >= 0.3 is 5.97 Å². The summed E-state index contributed by atoms with van der Waals surface area (Å²) in [5.41, 5.74) is 6.60. The van der Waals surface area contributed by atoms with Gasteiger partial charge in [0.05, 0.1) is 18.0 Å². The Morgan fingerprint density at radius 1 is 0.857 bits per heavy atom. The Morgan fingerprint density at radius 3 is 2.24 bits per heavy atom. The predicted molar refractivity (Wildman–Crippen MR) is 158 cm³/mol. The van der Waals surface area contributed by atoms with Gasteiger partial charge in [-0.1, -0.05) is 77.5 Å². The minimum absolute atomic E-state index is 0.0880. The lowest BCUT2D eigenvalue weighted by Crippen LogP contribution is -2.44. The first-order valence-corrected chi connectivity index (χ1v) is 13.5. The fourth-order valence-electron chi connectivity index (χ4n) is 4.40. The van der Waals surface area contributed by atoms with E-state index < -0.39 is 12.0 Å².